The molecule has 1 aliphatic rings. The molecule has 1 saturated carbocycles. The zero-order chi connectivity index (χ0) is 23.3. The minimum Gasteiger partial charge on any atom is -0.481 e. The van der Waals surface area contributed by atoms with Gasteiger partial charge in [0.25, 0.3) is 0 Å². The summed E-state index contributed by atoms with van der Waals surface area (Å²) >= 11 is 0. The van der Waals surface area contributed by atoms with Gasteiger partial charge in [-0.15, -0.1) is 0 Å². The zero-order valence-electron chi connectivity index (χ0n) is 20.9. The van der Waals surface area contributed by atoms with Crippen LogP contribution < -0.4 is 0 Å². The smallest absolute Gasteiger partial charge is 0.310 e. The van der Waals surface area contributed by atoms with Gasteiger partial charge in [-0.1, -0.05) is 111 Å². The van der Waals surface area contributed by atoms with Crippen molar-refractivity contribution in [2.45, 2.75) is 137 Å². The molecule has 2 unspecified atom stereocenters. The van der Waals surface area contributed by atoms with Crippen molar-refractivity contribution in [2.24, 2.45) is 22.7 Å². The monoisotopic (exact) mass is 438 g/mol. The van der Waals surface area contributed by atoms with E-state index < -0.39 is 22.8 Å². The quantitative estimate of drug-likeness (QED) is 0.225. The summed E-state index contributed by atoms with van der Waals surface area (Å²) in [7, 11) is 0. The molecule has 0 bridgehead atoms. The lowest BCUT2D eigenvalue weighted by Gasteiger charge is -2.49. The number of hydrogen-bond donors (Lipinski definition) is 2. The summed E-state index contributed by atoms with van der Waals surface area (Å²) in [4.78, 5) is 25.1. The molecule has 182 valence electrons. The van der Waals surface area contributed by atoms with E-state index in [1.54, 1.807) is 0 Å². The first-order valence-electron chi connectivity index (χ1n) is 13.1. The second-order valence-electron chi connectivity index (χ2n) is 11.0. The van der Waals surface area contributed by atoms with Crippen LogP contribution in [0.2, 0.25) is 0 Å². The summed E-state index contributed by atoms with van der Waals surface area (Å²) in [6.07, 6.45) is 15.8. The summed E-state index contributed by atoms with van der Waals surface area (Å²) in [6, 6.07) is 0. The minimum atomic E-state index is -1.09. The topological polar surface area (TPSA) is 74.6 Å². The first-order chi connectivity index (χ1) is 14.7. The molecule has 0 aliphatic heterocycles. The fourth-order valence-electron chi connectivity index (χ4n) is 5.74. The summed E-state index contributed by atoms with van der Waals surface area (Å²) in [6.45, 7) is 8.93. The molecule has 0 radical (unpaired) electrons. The number of carboxylic acid groups (broad SMARTS) is 2. The Morgan fingerprint density at radius 3 is 1.29 bits per heavy atom. The number of aliphatic carboxylic acids is 2. The summed E-state index contributed by atoms with van der Waals surface area (Å²) in [5, 5.41) is 20.6. The summed E-state index contributed by atoms with van der Waals surface area (Å²) in [5.74, 6) is -0.316. The van der Waals surface area contributed by atoms with Crippen molar-refractivity contribution in [2.75, 3.05) is 0 Å². The molecule has 4 heteroatoms. The molecule has 0 amide bonds. The lowest BCUT2D eigenvalue weighted by Crippen LogP contribution is -2.54. The Labute approximate surface area is 191 Å². The highest BCUT2D eigenvalue weighted by Gasteiger charge is 2.61. The molecule has 1 fully saturated rings. The van der Waals surface area contributed by atoms with Crippen molar-refractivity contribution in [3.05, 3.63) is 0 Å². The van der Waals surface area contributed by atoms with Gasteiger partial charge >= 0.3 is 11.9 Å². The van der Waals surface area contributed by atoms with Gasteiger partial charge in [0.05, 0.1) is 10.8 Å². The molecule has 0 aromatic heterocycles. The van der Waals surface area contributed by atoms with Crippen LogP contribution in [0.1, 0.15) is 137 Å². The second kappa shape index (κ2) is 14.2. The molecule has 0 saturated heterocycles. The van der Waals surface area contributed by atoms with Gasteiger partial charge in [0, 0.05) is 0 Å². The Hall–Kier alpha value is -1.06. The first kappa shape index (κ1) is 28.0. The third-order valence-electron chi connectivity index (χ3n) is 7.71. The Bertz CT molecular complexity index is 527. The molecule has 2 N–H and O–H groups in total. The second-order valence-corrected chi connectivity index (χ2v) is 11.0. The van der Waals surface area contributed by atoms with Crippen LogP contribution in [-0.4, -0.2) is 22.2 Å². The van der Waals surface area contributed by atoms with Crippen LogP contribution in [-0.2, 0) is 9.59 Å². The minimum absolute atomic E-state index is 0.516. The van der Waals surface area contributed by atoms with Crippen LogP contribution in [0.3, 0.4) is 0 Å². The zero-order valence-corrected chi connectivity index (χ0v) is 20.9. The van der Waals surface area contributed by atoms with E-state index in [9.17, 15) is 19.8 Å². The lowest BCUT2D eigenvalue weighted by molar-refractivity contribution is -0.182. The highest BCUT2D eigenvalue weighted by molar-refractivity contribution is 5.87. The average molecular weight is 439 g/mol. The molecule has 31 heavy (non-hydrogen) atoms. The van der Waals surface area contributed by atoms with Crippen LogP contribution in [0, 0.1) is 22.7 Å². The maximum Gasteiger partial charge on any atom is 0.310 e. The lowest BCUT2D eigenvalue weighted by atomic mass is 9.52. The van der Waals surface area contributed by atoms with Crippen LogP contribution in [0.25, 0.3) is 0 Å². The molecule has 1 aliphatic carbocycles. The van der Waals surface area contributed by atoms with E-state index in [1.807, 2.05) is 0 Å². The summed E-state index contributed by atoms with van der Waals surface area (Å²) < 4.78 is 0. The van der Waals surface area contributed by atoms with Crippen molar-refractivity contribution >= 4 is 11.9 Å². The highest BCUT2D eigenvalue weighted by atomic mass is 16.4. The highest BCUT2D eigenvalue weighted by Crippen LogP contribution is 2.57. The number of carbonyl (C=O) groups is 2. The molecule has 4 nitrogen and oxygen atoms in total. The number of hydrogen-bond acceptors (Lipinski definition) is 2. The number of rotatable bonds is 17. The van der Waals surface area contributed by atoms with Crippen LogP contribution in [0.5, 0.6) is 0 Å². The van der Waals surface area contributed by atoms with Gasteiger partial charge in [-0.3, -0.25) is 9.59 Å². The number of carboxylic acids is 2. The van der Waals surface area contributed by atoms with Crippen molar-refractivity contribution < 1.29 is 19.8 Å². The Morgan fingerprint density at radius 1 is 0.613 bits per heavy atom. The first-order valence-corrected chi connectivity index (χ1v) is 13.1. The van der Waals surface area contributed by atoms with Gasteiger partial charge in [0.2, 0.25) is 0 Å². The molecular formula is C27H50O4. The van der Waals surface area contributed by atoms with Crippen molar-refractivity contribution in [3.8, 4) is 0 Å². The normalized spacial score (nSPS) is 24.1. The van der Waals surface area contributed by atoms with Gasteiger partial charge in [0.1, 0.15) is 0 Å². The average Bonchev–Trinajstić information content (AvgIpc) is 2.69. The van der Waals surface area contributed by atoms with E-state index in [0.29, 0.717) is 31.6 Å². The van der Waals surface area contributed by atoms with E-state index in [0.717, 1.165) is 63.7 Å². The maximum atomic E-state index is 12.6. The van der Waals surface area contributed by atoms with Gasteiger partial charge in [-0.25, -0.2) is 0 Å². The Balaban J connectivity index is 2.70. The van der Waals surface area contributed by atoms with Crippen molar-refractivity contribution in [1.29, 1.82) is 0 Å². The molecular weight excluding hydrogens is 388 g/mol. The van der Waals surface area contributed by atoms with Crippen LogP contribution in [0.15, 0.2) is 0 Å². The van der Waals surface area contributed by atoms with Crippen LogP contribution in [0.4, 0.5) is 0 Å². The molecule has 0 spiro atoms. The molecule has 0 heterocycles. The maximum absolute atomic E-state index is 12.6. The van der Waals surface area contributed by atoms with E-state index in [2.05, 4.69) is 27.7 Å². The van der Waals surface area contributed by atoms with Gasteiger partial charge in [-0.2, -0.15) is 0 Å². The van der Waals surface area contributed by atoms with Gasteiger partial charge in [0.15, 0.2) is 0 Å². The molecule has 2 atom stereocenters. The summed E-state index contributed by atoms with van der Waals surface area (Å²) in [5.41, 5.74) is -2.18. The SMILES string of the molecule is CC(C)CCCCCCCCC1(C(=O)O)CCCCC1(CCCCCC(C)C)C(=O)O. The largest absolute Gasteiger partial charge is 0.481 e. The fourth-order valence-corrected chi connectivity index (χ4v) is 5.74. The van der Waals surface area contributed by atoms with E-state index in [4.69, 9.17) is 0 Å². The Morgan fingerprint density at radius 2 is 0.935 bits per heavy atom. The number of unbranched alkanes of at least 4 members (excludes halogenated alkanes) is 7. The molecule has 0 aromatic rings. The standard InChI is InChI=1S/C27H50O4/c1-22(2)16-10-7-5-6-8-12-18-26(24(28)29)20-14-15-21-27(26,25(30)31)19-13-9-11-17-23(3)4/h22-23H,5-21H2,1-4H3,(H,28,29)(H,30,31). The van der Waals surface area contributed by atoms with E-state index in [1.165, 1.54) is 25.7 Å². The van der Waals surface area contributed by atoms with Crippen molar-refractivity contribution in [3.63, 3.8) is 0 Å². The van der Waals surface area contributed by atoms with E-state index in [-0.39, 0.29) is 0 Å². The fraction of sp³-hybridized carbons (Fsp3) is 0.926. The van der Waals surface area contributed by atoms with Crippen LogP contribution >= 0.6 is 0 Å². The van der Waals surface area contributed by atoms with Crippen molar-refractivity contribution in [1.82, 2.24) is 0 Å². The van der Waals surface area contributed by atoms with E-state index >= 15 is 0 Å². The molecule has 1 rings (SSSR count). The predicted molar refractivity (Wildman–Crippen MR) is 128 cm³/mol. The third-order valence-corrected chi connectivity index (χ3v) is 7.71. The van der Waals surface area contributed by atoms with Gasteiger partial charge < -0.3 is 10.2 Å². The van der Waals surface area contributed by atoms with Gasteiger partial charge in [-0.05, 0) is 37.5 Å². The molecule has 0 aromatic carbocycles. The third kappa shape index (κ3) is 8.42. The predicted octanol–water partition coefficient (Wildman–Crippen LogP) is 8.09. The Kier molecular flexibility index (Phi) is 12.8.